The van der Waals surface area contributed by atoms with Gasteiger partial charge in [0.05, 0.1) is 16.3 Å². The lowest BCUT2D eigenvalue weighted by molar-refractivity contribution is 0.448. The van der Waals surface area contributed by atoms with E-state index in [1.165, 1.54) is 6.26 Å². The Balaban J connectivity index is 2.68. The summed E-state index contributed by atoms with van der Waals surface area (Å²) < 4.78 is 23.3. The van der Waals surface area contributed by atoms with Crippen LogP contribution in [0.25, 0.3) is 10.9 Å². The number of aromatic nitrogens is 1. The number of hydrogen-bond donors (Lipinski definition) is 1. The SMILES string of the molecule is CNC(c1cccc2ncccc12)C(C)(C)S(C)(=O)=O. The summed E-state index contributed by atoms with van der Waals surface area (Å²) >= 11 is 0. The van der Waals surface area contributed by atoms with E-state index in [0.717, 1.165) is 16.5 Å². The Morgan fingerprint density at radius 3 is 2.50 bits per heavy atom. The van der Waals surface area contributed by atoms with Gasteiger partial charge in [0.1, 0.15) is 0 Å². The molecule has 0 spiro atoms. The molecule has 1 aromatic carbocycles. The van der Waals surface area contributed by atoms with Crippen LogP contribution in [0.5, 0.6) is 0 Å². The van der Waals surface area contributed by atoms with E-state index in [0.29, 0.717) is 0 Å². The number of nitrogens with one attached hydrogen (secondary N) is 1. The lowest BCUT2D eigenvalue weighted by atomic mass is 9.92. The molecule has 2 aromatic rings. The van der Waals surface area contributed by atoms with Gasteiger partial charge in [-0.15, -0.1) is 0 Å². The molecule has 1 aromatic heterocycles. The van der Waals surface area contributed by atoms with E-state index >= 15 is 0 Å². The van der Waals surface area contributed by atoms with Crippen molar-refractivity contribution < 1.29 is 8.42 Å². The summed E-state index contributed by atoms with van der Waals surface area (Å²) in [5.74, 6) is 0. The van der Waals surface area contributed by atoms with Crippen LogP contribution >= 0.6 is 0 Å². The van der Waals surface area contributed by atoms with Gasteiger partial charge in [0.25, 0.3) is 0 Å². The molecule has 0 amide bonds. The molecule has 108 valence electrons. The largest absolute Gasteiger partial charge is 0.312 e. The highest BCUT2D eigenvalue weighted by Crippen LogP contribution is 2.35. The third-order valence-corrected chi connectivity index (χ3v) is 6.08. The van der Waals surface area contributed by atoms with E-state index in [-0.39, 0.29) is 6.04 Å². The maximum atomic E-state index is 12.1. The Morgan fingerprint density at radius 2 is 1.90 bits per heavy atom. The van der Waals surface area contributed by atoms with Gasteiger partial charge in [-0.1, -0.05) is 18.2 Å². The first-order valence-corrected chi connectivity index (χ1v) is 8.38. The first kappa shape index (κ1) is 14.9. The highest BCUT2D eigenvalue weighted by Gasteiger charge is 2.39. The Labute approximate surface area is 120 Å². The molecule has 4 nitrogen and oxygen atoms in total. The average Bonchev–Trinajstić information content (AvgIpc) is 2.38. The molecular weight excluding hydrogens is 272 g/mol. The minimum absolute atomic E-state index is 0.301. The predicted molar refractivity (Wildman–Crippen MR) is 82.5 cm³/mol. The van der Waals surface area contributed by atoms with Crippen molar-refractivity contribution in [3.05, 3.63) is 42.1 Å². The van der Waals surface area contributed by atoms with E-state index in [1.54, 1.807) is 27.1 Å². The maximum Gasteiger partial charge on any atom is 0.154 e. The summed E-state index contributed by atoms with van der Waals surface area (Å²) in [7, 11) is -1.43. The first-order chi connectivity index (χ1) is 9.29. The average molecular weight is 292 g/mol. The Bertz CT molecular complexity index is 718. The third-order valence-electron chi connectivity index (χ3n) is 3.93. The van der Waals surface area contributed by atoms with Crippen molar-refractivity contribution in [2.24, 2.45) is 0 Å². The van der Waals surface area contributed by atoms with E-state index < -0.39 is 14.6 Å². The fourth-order valence-electron chi connectivity index (χ4n) is 2.47. The topological polar surface area (TPSA) is 59.1 Å². The maximum absolute atomic E-state index is 12.1. The quantitative estimate of drug-likeness (QED) is 0.939. The van der Waals surface area contributed by atoms with Crippen molar-refractivity contribution in [2.75, 3.05) is 13.3 Å². The smallest absolute Gasteiger partial charge is 0.154 e. The van der Waals surface area contributed by atoms with Crippen LogP contribution < -0.4 is 5.32 Å². The van der Waals surface area contributed by atoms with Gasteiger partial charge < -0.3 is 5.32 Å². The van der Waals surface area contributed by atoms with Crippen molar-refractivity contribution in [3.63, 3.8) is 0 Å². The molecule has 1 N–H and O–H groups in total. The van der Waals surface area contributed by atoms with E-state index in [4.69, 9.17) is 0 Å². The second-order valence-corrected chi connectivity index (χ2v) is 8.11. The Hall–Kier alpha value is -1.46. The fraction of sp³-hybridized carbons (Fsp3) is 0.400. The molecule has 0 saturated carbocycles. The molecule has 0 aliphatic heterocycles. The van der Waals surface area contributed by atoms with Gasteiger partial charge in [-0.25, -0.2) is 8.42 Å². The summed E-state index contributed by atoms with van der Waals surface area (Å²) in [6.07, 6.45) is 3.02. The van der Waals surface area contributed by atoms with Crippen LogP contribution in [0.15, 0.2) is 36.5 Å². The number of rotatable bonds is 4. The van der Waals surface area contributed by atoms with Gasteiger partial charge in [-0.05, 0) is 38.6 Å². The molecule has 20 heavy (non-hydrogen) atoms. The number of sulfone groups is 1. The third kappa shape index (κ3) is 2.43. The lowest BCUT2D eigenvalue weighted by Crippen LogP contribution is -2.43. The molecule has 0 fully saturated rings. The minimum Gasteiger partial charge on any atom is -0.312 e. The molecule has 0 aliphatic carbocycles. The number of pyridine rings is 1. The van der Waals surface area contributed by atoms with E-state index in [1.807, 2.05) is 30.3 Å². The second kappa shape index (κ2) is 5.14. The van der Waals surface area contributed by atoms with E-state index in [2.05, 4.69) is 10.3 Å². The standard InChI is InChI=1S/C15H20N2O2S/c1-15(2,20(4,18)19)14(16-3)12-7-5-9-13-11(12)8-6-10-17-13/h5-10,14,16H,1-4H3. The van der Waals surface area contributed by atoms with Crippen molar-refractivity contribution >= 4 is 20.7 Å². The van der Waals surface area contributed by atoms with Crippen molar-refractivity contribution in [1.82, 2.24) is 10.3 Å². The Morgan fingerprint density at radius 1 is 1.20 bits per heavy atom. The van der Waals surface area contributed by atoms with Crippen LogP contribution in [0.3, 0.4) is 0 Å². The van der Waals surface area contributed by atoms with Gasteiger partial charge in [0, 0.05) is 17.8 Å². The van der Waals surface area contributed by atoms with Crippen molar-refractivity contribution in [3.8, 4) is 0 Å². The summed E-state index contributed by atoms with van der Waals surface area (Å²) in [4.78, 5) is 4.33. The zero-order chi connectivity index (χ0) is 15.0. The van der Waals surface area contributed by atoms with Gasteiger partial charge in [0.15, 0.2) is 9.84 Å². The summed E-state index contributed by atoms with van der Waals surface area (Å²) in [5.41, 5.74) is 1.82. The summed E-state index contributed by atoms with van der Waals surface area (Å²) in [6, 6.07) is 9.34. The monoisotopic (exact) mass is 292 g/mol. The molecule has 1 atom stereocenters. The van der Waals surface area contributed by atoms with Crippen LogP contribution in [-0.2, 0) is 9.84 Å². The van der Waals surface area contributed by atoms with Crippen LogP contribution in [0, 0.1) is 0 Å². The molecule has 0 saturated heterocycles. The number of hydrogen-bond acceptors (Lipinski definition) is 4. The zero-order valence-electron chi connectivity index (χ0n) is 12.2. The molecule has 2 rings (SSSR count). The first-order valence-electron chi connectivity index (χ1n) is 6.49. The zero-order valence-corrected chi connectivity index (χ0v) is 13.0. The van der Waals surface area contributed by atoms with Gasteiger partial charge in [-0.3, -0.25) is 4.98 Å². The summed E-state index contributed by atoms with van der Waals surface area (Å²) in [6.45, 7) is 3.50. The molecule has 5 heteroatoms. The number of nitrogens with zero attached hydrogens (tertiary/aromatic N) is 1. The molecule has 1 unspecified atom stereocenters. The molecule has 0 radical (unpaired) electrons. The Kier molecular flexibility index (Phi) is 3.84. The number of fused-ring (bicyclic) bond motifs is 1. The van der Waals surface area contributed by atoms with Gasteiger partial charge in [-0.2, -0.15) is 0 Å². The fourth-order valence-corrected chi connectivity index (χ4v) is 3.14. The minimum atomic E-state index is -3.21. The molecule has 1 heterocycles. The molecular formula is C15H20N2O2S. The second-order valence-electron chi connectivity index (χ2n) is 5.51. The van der Waals surface area contributed by atoms with Crippen LogP contribution in [0.2, 0.25) is 0 Å². The van der Waals surface area contributed by atoms with E-state index in [9.17, 15) is 8.42 Å². The predicted octanol–water partition coefficient (Wildman–Crippen LogP) is 2.32. The van der Waals surface area contributed by atoms with Gasteiger partial charge in [0.2, 0.25) is 0 Å². The molecule has 0 bridgehead atoms. The lowest BCUT2D eigenvalue weighted by Gasteiger charge is -2.33. The molecule has 0 aliphatic rings. The number of benzene rings is 1. The van der Waals surface area contributed by atoms with Gasteiger partial charge >= 0.3 is 0 Å². The normalized spacial score (nSPS) is 14.4. The highest BCUT2D eigenvalue weighted by molar-refractivity contribution is 7.92. The highest BCUT2D eigenvalue weighted by atomic mass is 32.2. The van der Waals surface area contributed by atoms with Crippen LogP contribution in [-0.4, -0.2) is 31.5 Å². The van der Waals surface area contributed by atoms with Crippen molar-refractivity contribution in [1.29, 1.82) is 0 Å². The van der Waals surface area contributed by atoms with Crippen molar-refractivity contribution in [2.45, 2.75) is 24.6 Å². The van der Waals surface area contributed by atoms with Crippen LogP contribution in [0.1, 0.15) is 25.5 Å². The van der Waals surface area contributed by atoms with Crippen LogP contribution in [0.4, 0.5) is 0 Å². The summed E-state index contributed by atoms with van der Waals surface area (Å²) in [5, 5.41) is 4.13.